The molecule has 250 valence electrons. The highest BCUT2D eigenvalue weighted by Crippen LogP contribution is 2.33. The highest BCUT2D eigenvalue weighted by Gasteiger charge is 2.39. The van der Waals surface area contributed by atoms with Crippen LogP contribution in [0.1, 0.15) is 71.6 Å². The third-order valence-electron chi connectivity index (χ3n) is 9.46. The first-order chi connectivity index (χ1) is 22.9. The monoisotopic (exact) mass is 728 g/mol. The Morgan fingerprint density at radius 2 is 1.67 bits per heavy atom. The van der Waals surface area contributed by atoms with E-state index in [2.05, 4.69) is 75.8 Å². The van der Waals surface area contributed by atoms with Crippen molar-refractivity contribution in [2.75, 3.05) is 31.1 Å². The predicted octanol–water partition coefficient (Wildman–Crippen LogP) is 7.62. The van der Waals surface area contributed by atoms with Gasteiger partial charge in [-0.2, -0.15) is 0 Å². The Kier molecular flexibility index (Phi) is 10.1. The number of Topliss-reactive ketones (excluding diaryl/α,β-unsaturated/α-hetero) is 1. The molecule has 2 fully saturated rings. The van der Waals surface area contributed by atoms with Crippen LogP contribution in [-0.4, -0.2) is 63.8 Å². The van der Waals surface area contributed by atoms with E-state index in [0.29, 0.717) is 23.0 Å². The van der Waals surface area contributed by atoms with Crippen molar-refractivity contribution in [3.05, 3.63) is 98.4 Å². The molecular formula is C38H41BrN4O4S. The molecule has 2 aliphatic rings. The summed E-state index contributed by atoms with van der Waals surface area (Å²) < 4.78 is 1.12. The number of hydrogen-bond acceptors (Lipinski definition) is 7. The summed E-state index contributed by atoms with van der Waals surface area (Å²) in [6.07, 6.45) is 6.40. The Morgan fingerprint density at radius 3 is 2.27 bits per heavy atom. The number of carbonyl (C=O) groups is 3. The molecular weight excluding hydrogens is 688 g/mol. The van der Waals surface area contributed by atoms with Gasteiger partial charge in [0.15, 0.2) is 11.6 Å². The number of piperidine rings is 1. The van der Waals surface area contributed by atoms with Crippen LogP contribution >= 0.6 is 27.3 Å². The van der Waals surface area contributed by atoms with E-state index >= 15 is 0 Å². The molecule has 8 nitrogen and oxygen atoms in total. The van der Waals surface area contributed by atoms with Crippen LogP contribution in [0.3, 0.4) is 0 Å². The average molecular weight is 730 g/mol. The first kappa shape index (κ1) is 34.0. The molecule has 0 radical (unpaired) electrons. The maximum Gasteiger partial charge on any atom is 0.310 e. The number of aliphatic carboxylic acids is 1. The number of hydrogen-bond donors (Lipinski definition) is 1. The Labute approximate surface area is 294 Å². The third kappa shape index (κ3) is 7.87. The van der Waals surface area contributed by atoms with Crippen molar-refractivity contribution in [2.24, 2.45) is 11.8 Å². The minimum absolute atomic E-state index is 0.0633. The Hall–Kier alpha value is -3.89. The van der Waals surface area contributed by atoms with Gasteiger partial charge >= 0.3 is 5.97 Å². The van der Waals surface area contributed by atoms with Gasteiger partial charge in [0.25, 0.3) is 0 Å². The lowest BCUT2D eigenvalue weighted by Crippen LogP contribution is -2.55. The van der Waals surface area contributed by atoms with E-state index in [0.717, 1.165) is 52.1 Å². The Balaban J connectivity index is 1.10. The van der Waals surface area contributed by atoms with Crippen LogP contribution in [0.5, 0.6) is 0 Å². The van der Waals surface area contributed by atoms with E-state index in [9.17, 15) is 19.5 Å². The summed E-state index contributed by atoms with van der Waals surface area (Å²) in [4.78, 5) is 53.3. The molecule has 1 atom stereocenters. The SMILES string of the molecule is CC(C)(C)c1ccc(C(=O)C[C@@H](Cc2ccc(-c3ncc(N4CCC(c5cccc(Br)c5)CC4)cn3)cc2)C(=O)N2CC(C(=O)O)C2)s1. The Morgan fingerprint density at radius 1 is 0.979 bits per heavy atom. The first-order valence-electron chi connectivity index (χ1n) is 16.5. The van der Waals surface area contributed by atoms with Crippen LogP contribution in [-0.2, 0) is 21.4 Å². The van der Waals surface area contributed by atoms with E-state index < -0.39 is 17.8 Å². The smallest absolute Gasteiger partial charge is 0.310 e. The van der Waals surface area contributed by atoms with Crippen molar-refractivity contribution in [3.8, 4) is 11.4 Å². The second kappa shape index (κ2) is 14.3. The van der Waals surface area contributed by atoms with E-state index in [-0.39, 0.29) is 36.6 Å². The molecule has 2 saturated heterocycles. The summed E-state index contributed by atoms with van der Waals surface area (Å²) >= 11 is 5.07. The van der Waals surface area contributed by atoms with Crippen molar-refractivity contribution in [2.45, 2.75) is 57.8 Å². The number of anilines is 1. The van der Waals surface area contributed by atoms with Gasteiger partial charge in [-0.3, -0.25) is 14.4 Å². The van der Waals surface area contributed by atoms with Gasteiger partial charge in [-0.1, -0.05) is 73.1 Å². The topological polar surface area (TPSA) is 104 Å². The molecule has 1 amide bonds. The van der Waals surface area contributed by atoms with Crippen LogP contribution in [0, 0.1) is 11.8 Å². The van der Waals surface area contributed by atoms with Crippen molar-refractivity contribution in [1.82, 2.24) is 14.9 Å². The van der Waals surface area contributed by atoms with Crippen molar-refractivity contribution < 1.29 is 19.5 Å². The minimum Gasteiger partial charge on any atom is -0.481 e. The number of thiophene rings is 1. The molecule has 2 aromatic heterocycles. The zero-order valence-corrected chi connectivity index (χ0v) is 30.0. The summed E-state index contributed by atoms with van der Waals surface area (Å²) in [6, 6.07) is 20.3. The minimum atomic E-state index is -0.896. The highest BCUT2D eigenvalue weighted by molar-refractivity contribution is 9.10. The van der Waals surface area contributed by atoms with Gasteiger partial charge in [0, 0.05) is 53.4 Å². The number of nitrogens with zero attached hydrogens (tertiary/aromatic N) is 4. The number of aromatic nitrogens is 2. The van der Waals surface area contributed by atoms with Gasteiger partial charge in [0.2, 0.25) is 5.91 Å². The molecule has 0 spiro atoms. The molecule has 10 heteroatoms. The lowest BCUT2D eigenvalue weighted by molar-refractivity contribution is -0.154. The summed E-state index contributed by atoms with van der Waals surface area (Å²) in [5.74, 6) is -1.08. The second-order valence-corrected chi connectivity index (χ2v) is 16.0. The van der Waals surface area contributed by atoms with Crippen molar-refractivity contribution in [3.63, 3.8) is 0 Å². The highest BCUT2D eigenvalue weighted by atomic mass is 79.9. The van der Waals surface area contributed by atoms with E-state index in [1.165, 1.54) is 16.9 Å². The number of ketones is 1. The van der Waals surface area contributed by atoms with Gasteiger partial charge in [0.05, 0.1) is 28.9 Å². The predicted molar refractivity (Wildman–Crippen MR) is 193 cm³/mol. The molecule has 48 heavy (non-hydrogen) atoms. The fourth-order valence-electron chi connectivity index (χ4n) is 6.47. The molecule has 4 heterocycles. The fraction of sp³-hybridized carbons (Fsp3) is 0.395. The van der Waals surface area contributed by atoms with Crippen LogP contribution in [0.2, 0.25) is 0 Å². The van der Waals surface area contributed by atoms with E-state index in [1.807, 2.05) is 48.8 Å². The third-order valence-corrected chi connectivity index (χ3v) is 11.5. The van der Waals surface area contributed by atoms with Gasteiger partial charge < -0.3 is 14.9 Å². The van der Waals surface area contributed by atoms with E-state index in [1.54, 1.807) is 4.90 Å². The van der Waals surface area contributed by atoms with Crippen LogP contribution in [0.25, 0.3) is 11.4 Å². The molecule has 1 N–H and O–H groups in total. The quantitative estimate of drug-likeness (QED) is 0.168. The van der Waals surface area contributed by atoms with Gasteiger partial charge in [0.1, 0.15) is 0 Å². The first-order valence-corrected chi connectivity index (χ1v) is 18.1. The van der Waals surface area contributed by atoms with E-state index in [4.69, 9.17) is 0 Å². The molecule has 2 aromatic carbocycles. The normalized spacial score (nSPS) is 16.4. The number of rotatable bonds is 10. The summed E-state index contributed by atoms with van der Waals surface area (Å²) in [5.41, 5.74) is 4.13. The number of benzene rings is 2. The number of likely N-dealkylation sites (tertiary alicyclic amines) is 1. The standard InChI is InChI=1S/C38H41BrN4O4S/c1-38(2,3)34-12-11-33(48-34)32(44)19-28(36(45)43-22-29(23-43)37(46)47)17-24-7-9-26(10-8-24)35-40-20-31(21-41-35)42-15-13-25(14-16-42)27-5-4-6-30(39)18-27/h4-12,18,20-21,25,28-29H,13-17,19,22-23H2,1-3H3,(H,46,47)/t28-/m1/s1. The number of halogens is 1. The molecule has 0 aliphatic carbocycles. The number of carbonyl (C=O) groups excluding carboxylic acids is 2. The van der Waals surface area contributed by atoms with Crippen LogP contribution in [0.15, 0.2) is 77.5 Å². The second-order valence-electron chi connectivity index (χ2n) is 14.0. The number of carboxylic acids is 1. The average Bonchev–Trinajstić information content (AvgIpc) is 3.56. The molecule has 0 bridgehead atoms. The fourth-order valence-corrected chi connectivity index (χ4v) is 7.90. The van der Waals surface area contributed by atoms with Gasteiger partial charge in [-0.15, -0.1) is 11.3 Å². The van der Waals surface area contributed by atoms with Crippen molar-refractivity contribution >= 4 is 50.6 Å². The van der Waals surface area contributed by atoms with Gasteiger partial charge in [-0.05, 0) is 66.0 Å². The van der Waals surface area contributed by atoms with Crippen LogP contribution < -0.4 is 4.90 Å². The molecule has 0 unspecified atom stereocenters. The zero-order valence-electron chi connectivity index (χ0n) is 27.6. The maximum absolute atomic E-state index is 13.5. The lowest BCUT2D eigenvalue weighted by atomic mass is 9.89. The number of carboxylic acid groups (broad SMARTS) is 1. The van der Waals surface area contributed by atoms with Crippen molar-refractivity contribution in [1.29, 1.82) is 0 Å². The summed E-state index contributed by atoms with van der Waals surface area (Å²) in [5, 5.41) is 9.32. The zero-order chi connectivity index (χ0) is 34.0. The molecule has 4 aromatic rings. The lowest BCUT2D eigenvalue weighted by Gasteiger charge is -2.38. The Bertz CT molecular complexity index is 1770. The molecule has 6 rings (SSSR count). The maximum atomic E-state index is 13.5. The van der Waals surface area contributed by atoms with Gasteiger partial charge in [-0.25, -0.2) is 9.97 Å². The summed E-state index contributed by atoms with van der Waals surface area (Å²) in [7, 11) is 0. The molecule has 0 saturated carbocycles. The summed E-state index contributed by atoms with van der Waals surface area (Å²) in [6.45, 7) is 8.61. The largest absolute Gasteiger partial charge is 0.481 e. The van der Waals surface area contributed by atoms with Crippen LogP contribution in [0.4, 0.5) is 5.69 Å². The molecule has 2 aliphatic heterocycles. The number of amides is 1.